The number of hydrogen-bond acceptors (Lipinski definition) is 6. The van der Waals surface area contributed by atoms with Gasteiger partial charge in [-0.1, -0.05) is 29.8 Å². The van der Waals surface area contributed by atoms with Gasteiger partial charge in [-0.15, -0.1) is 0 Å². The summed E-state index contributed by atoms with van der Waals surface area (Å²) in [6, 6.07) is 11.1. The maximum absolute atomic E-state index is 13.1. The maximum Gasteiger partial charge on any atom is 0.271 e. The van der Waals surface area contributed by atoms with Crippen molar-refractivity contribution in [1.29, 1.82) is 0 Å². The van der Waals surface area contributed by atoms with Crippen LogP contribution in [0.2, 0.25) is 5.02 Å². The maximum atomic E-state index is 13.1. The predicted octanol–water partition coefficient (Wildman–Crippen LogP) is 3.63. The van der Waals surface area contributed by atoms with Gasteiger partial charge in [0.2, 0.25) is 11.8 Å². The number of methoxy groups -OCH3 is 1. The minimum Gasteiger partial charge on any atom is -0.493 e. The van der Waals surface area contributed by atoms with Crippen LogP contribution in [0, 0.1) is 5.92 Å². The molecule has 0 spiro atoms. The lowest BCUT2D eigenvalue weighted by Gasteiger charge is -2.33. The molecular weight excluding hydrogens is 470 g/mol. The number of ether oxygens (including phenoxy) is 2. The monoisotopic (exact) mass is 495 g/mol. The second-order valence-electron chi connectivity index (χ2n) is 8.68. The van der Waals surface area contributed by atoms with E-state index in [4.69, 9.17) is 21.1 Å². The molecule has 5 rings (SSSR count). The van der Waals surface area contributed by atoms with E-state index in [1.54, 1.807) is 17.0 Å². The molecule has 1 saturated heterocycles. The standard InChI is InChI=1S/C25H26ClN5O4/c1-34-23-12-17(18(26)14-27-23)20-13-21(30-29-20)25(33)31-9-6-15(7-10-31)24(32)28-19-8-11-35-22-5-3-2-4-16(19)22/h2-5,12-15,19H,6-11H2,1H3,(H,28,32)(H,29,30). The highest BCUT2D eigenvalue weighted by molar-refractivity contribution is 6.33. The van der Waals surface area contributed by atoms with Crippen molar-refractivity contribution in [3.8, 4) is 22.9 Å². The summed E-state index contributed by atoms with van der Waals surface area (Å²) in [7, 11) is 1.52. The third-order valence-electron chi connectivity index (χ3n) is 6.55. The fourth-order valence-electron chi connectivity index (χ4n) is 4.59. The van der Waals surface area contributed by atoms with E-state index in [1.165, 1.54) is 13.3 Å². The Balaban J connectivity index is 1.19. The van der Waals surface area contributed by atoms with Gasteiger partial charge in [0.25, 0.3) is 5.91 Å². The van der Waals surface area contributed by atoms with Gasteiger partial charge in [-0.25, -0.2) is 4.98 Å². The smallest absolute Gasteiger partial charge is 0.271 e. The SMILES string of the molecule is COc1cc(-c2cc(C(=O)N3CCC(C(=O)NC4CCOc5ccccc54)CC3)[nH]n2)c(Cl)cn1. The van der Waals surface area contributed by atoms with E-state index in [0.717, 1.165) is 17.7 Å². The Kier molecular flexibility index (Phi) is 6.59. The molecule has 1 atom stereocenters. The zero-order valence-corrected chi connectivity index (χ0v) is 20.0. The largest absolute Gasteiger partial charge is 0.493 e. The Morgan fingerprint density at radius 3 is 2.80 bits per heavy atom. The third kappa shape index (κ3) is 4.81. The van der Waals surface area contributed by atoms with Crippen molar-refractivity contribution in [2.45, 2.75) is 25.3 Å². The summed E-state index contributed by atoms with van der Waals surface area (Å²) in [5, 5.41) is 10.7. The average Bonchev–Trinajstić information content (AvgIpc) is 3.39. The number of halogens is 1. The Morgan fingerprint density at radius 1 is 1.20 bits per heavy atom. The van der Waals surface area contributed by atoms with Gasteiger partial charge in [0.05, 0.1) is 36.7 Å². The highest BCUT2D eigenvalue weighted by atomic mass is 35.5. The quantitative estimate of drug-likeness (QED) is 0.559. The highest BCUT2D eigenvalue weighted by Crippen LogP contribution is 2.33. The molecule has 2 amide bonds. The molecule has 2 aliphatic heterocycles. The molecule has 0 radical (unpaired) electrons. The summed E-state index contributed by atoms with van der Waals surface area (Å²) in [5.74, 6) is 0.983. The first-order chi connectivity index (χ1) is 17.0. The topological polar surface area (TPSA) is 109 Å². The van der Waals surface area contributed by atoms with Crippen molar-refractivity contribution in [3.05, 3.63) is 58.9 Å². The number of nitrogens with zero attached hydrogens (tertiary/aromatic N) is 3. The molecule has 1 fully saturated rings. The molecule has 4 heterocycles. The molecule has 0 saturated carbocycles. The van der Waals surface area contributed by atoms with Crippen LogP contribution in [0.5, 0.6) is 11.6 Å². The number of aromatic amines is 1. The number of pyridine rings is 1. The number of rotatable bonds is 5. The van der Waals surface area contributed by atoms with Gasteiger partial charge in [0, 0.05) is 42.6 Å². The van der Waals surface area contributed by atoms with E-state index in [-0.39, 0.29) is 23.8 Å². The molecular formula is C25H26ClN5O4. The zero-order valence-electron chi connectivity index (χ0n) is 19.3. The van der Waals surface area contributed by atoms with Crippen LogP contribution >= 0.6 is 11.6 Å². The van der Waals surface area contributed by atoms with Crippen LogP contribution < -0.4 is 14.8 Å². The van der Waals surface area contributed by atoms with Crippen molar-refractivity contribution in [3.63, 3.8) is 0 Å². The lowest BCUT2D eigenvalue weighted by atomic mass is 9.94. The second-order valence-corrected chi connectivity index (χ2v) is 9.08. The van der Waals surface area contributed by atoms with Gasteiger partial charge < -0.3 is 19.7 Å². The fraction of sp³-hybridized carbons (Fsp3) is 0.360. The van der Waals surface area contributed by atoms with Gasteiger partial charge in [-0.3, -0.25) is 14.7 Å². The summed E-state index contributed by atoms with van der Waals surface area (Å²) < 4.78 is 10.8. The average molecular weight is 496 g/mol. The number of likely N-dealkylation sites (tertiary alicyclic amines) is 1. The lowest BCUT2D eigenvalue weighted by Crippen LogP contribution is -2.44. The summed E-state index contributed by atoms with van der Waals surface area (Å²) in [6.45, 7) is 1.58. The third-order valence-corrected chi connectivity index (χ3v) is 6.85. The molecule has 2 N–H and O–H groups in total. The molecule has 2 aliphatic rings. The van der Waals surface area contributed by atoms with Crippen molar-refractivity contribution < 1.29 is 19.1 Å². The Bertz CT molecular complexity index is 1240. The molecule has 182 valence electrons. The lowest BCUT2D eigenvalue weighted by molar-refractivity contribution is -0.127. The predicted molar refractivity (Wildman–Crippen MR) is 129 cm³/mol. The Morgan fingerprint density at radius 2 is 2.00 bits per heavy atom. The van der Waals surface area contributed by atoms with Gasteiger partial charge in [0.15, 0.2) is 0 Å². The van der Waals surface area contributed by atoms with Crippen LogP contribution in [0.15, 0.2) is 42.6 Å². The van der Waals surface area contributed by atoms with Gasteiger partial charge >= 0.3 is 0 Å². The number of amides is 2. The van der Waals surface area contributed by atoms with E-state index < -0.39 is 0 Å². The number of fused-ring (bicyclic) bond motifs is 1. The Hall–Kier alpha value is -3.59. The van der Waals surface area contributed by atoms with Crippen LogP contribution in [0.3, 0.4) is 0 Å². The molecule has 10 heteroatoms. The number of piperidine rings is 1. The van der Waals surface area contributed by atoms with E-state index in [0.29, 0.717) is 60.4 Å². The zero-order chi connectivity index (χ0) is 24.4. The normalized spacial score (nSPS) is 17.9. The number of carbonyl (C=O) groups excluding carboxylic acids is 2. The Labute approximate surface area is 207 Å². The van der Waals surface area contributed by atoms with Crippen LogP contribution in [0.1, 0.15) is 41.4 Å². The first-order valence-corrected chi connectivity index (χ1v) is 12.0. The molecule has 35 heavy (non-hydrogen) atoms. The van der Waals surface area contributed by atoms with Gasteiger partial charge in [-0.2, -0.15) is 5.10 Å². The molecule has 1 unspecified atom stereocenters. The van der Waals surface area contributed by atoms with Crippen LogP contribution in [-0.4, -0.2) is 58.7 Å². The van der Waals surface area contributed by atoms with Crippen LogP contribution in [-0.2, 0) is 4.79 Å². The molecule has 2 aromatic heterocycles. The minimum absolute atomic E-state index is 0.0314. The minimum atomic E-state index is -0.155. The van der Waals surface area contributed by atoms with Crippen molar-refractivity contribution in [2.75, 3.05) is 26.8 Å². The number of H-pyrrole nitrogens is 1. The first kappa shape index (κ1) is 23.2. The highest BCUT2D eigenvalue weighted by Gasteiger charge is 2.31. The van der Waals surface area contributed by atoms with E-state index in [1.807, 2.05) is 24.3 Å². The van der Waals surface area contributed by atoms with Crippen molar-refractivity contribution >= 4 is 23.4 Å². The van der Waals surface area contributed by atoms with E-state index in [2.05, 4.69) is 20.5 Å². The molecule has 0 bridgehead atoms. The number of hydrogen-bond donors (Lipinski definition) is 2. The van der Waals surface area contributed by atoms with E-state index in [9.17, 15) is 9.59 Å². The van der Waals surface area contributed by atoms with Crippen LogP contribution in [0.4, 0.5) is 0 Å². The molecule has 9 nitrogen and oxygen atoms in total. The number of carbonyl (C=O) groups is 2. The van der Waals surface area contributed by atoms with Crippen molar-refractivity contribution in [1.82, 2.24) is 25.4 Å². The number of para-hydroxylation sites is 1. The summed E-state index contributed by atoms with van der Waals surface area (Å²) in [5.41, 5.74) is 2.54. The second kappa shape index (κ2) is 9.95. The number of nitrogens with one attached hydrogen (secondary N) is 2. The summed E-state index contributed by atoms with van der Waals surface area (Å²) in [6.07, 6.45) is 3.45. The van der Waals surface area contributed by atoms with Gasteiger partial charge in [0.1, 0.15) is 11.4 Å². The summed E-state index contributed by atoms with van der Waals surface area (Å²) in [4.78, 5) is 31.8. The molecule has 0 aliphatic carbocycles. The molecule has 1 aromatic carbocycles. The molecule has 3 aromatic rings. The summed E-state index contributed by atoms with van der Waals surface area (Å²) >= 11 is 6.26. The number of benzene rings is 1. The fourth-order valence-corrected chi connectivity index (χ4v) is 4.79. The van der Waals surface area contributed by atoms with Crippen LogP contribution in [0.25, 0.3) is 11.3 Å². The first-order valence-electron chi connectivity index (χ1n) is 11.6. The number of aromatic nitrogens is 3. The van der Waals surface area contributed by atoms with E-state index >= 15 is 0 Å². The van der Waals surface area contributed by atoms with Gasteiger partial charge in [-0.05, 0) is 25.0 Å². The van der Waals surface area contributed by atoms with Crippen molar-refractivity contribution in [2.24, 2.45) is 5.92 Å².